The summed E-state index contributed by atoms with van der Waals surface area (Å²) in [7, 11) is 1.16. The quantitative estimate of drug-likeness (QED) is 0.858. The molecule has 0 spiro atoms. The first-order valence-electron chi connectivity index (χ1n) is 4.57. The van der Waals surface area contributed by atoms with Crippen molar-refractivity contribution in [2.75, 3.05) is 7.11 Å². The zero-order chi connectivity index (χ0) is 14.1. The smallest absolute Gasteiger partial charge is 0.456 e. The Morgan fingerprint density at radius 1 is 1.17 bits per heavy atom. The molecule has 0 saturated heterocycles. The minimum Gasteiger partial charge on any atom is -0.497 e. The van der Waals surface area contributed by atoms with E-state index < -0.39 is 29.6 Å². The second kappa shape index (κ2) is 4.68. The van der Waals surface area contributed by atoms with Crippen LogP contribution in [0.1, 0.15) is 11.7 Å². The number of alkyl halides is 5. The maximum Gasteiger partial charge on any atom is 0.456 e. The Balaban J connectivity index is 3.15. The molecule has 18 heavy (non-hydrogen) atoms. The molecule has 1 unspecified atom stereocenters. The molecule has 1 atom stereocenters. The number of benzene rings is 1. The molecule has 0 bridgehead atoms. The summed E-state index contributed by atoms with van der Waals surface area (Å²) in [4.78, 5) is 0. The first-order valence-corrected chi connectivity index (χ1v) is 4.57. The Morgan fingerprint density at radius 3 is 2.11 bits per heavy atom. The monoisotopic (exact) mass is 274 g/mol. The van der Waals surface area contributed by atoms with E-state index in [4.69, 9.17) is 5.11 Å². The number of halogens is 6. The van der Waals surface area contributed by atoms with E-state index in [9.17, 15) is 26.3 Å². The van der Waals surface area contributed by atoms with Gasteiger partial charge in [-0.25, -0.2) is 4.39 Å². The molecule has 1 aromatic rings. The molecule has 0 aliphatic rings. The molecule has 102 valence electrons. The highest BCUT2D eigenvalue weighted by atomic mass is 19.4. The van der Waals surface area contributed by atoms with Crippen LogP contribution >= 0.6 is 0 Å². The number of ether oxygens (including phenoxy) is 1. The van der Waals surface area contributed by atoms with E-state index in [1.165, 1.54) is 0 Å². The standard InChI is InChI=1S/C10H8F6O2/c1-18-5-2-3-6(7(11)4-5)8(17)9(12,13)10(14,15)16/h2-4,8,17H,1H3. The van der Waals surface area contributed by atoms with Crippen molar-refractivity contribution < 1.29 is 36.2 Å². The normalized spacial score (nSPS) is 14.4. The van der Waals surface area contributed by atoms with Gasteiger partial charge in [0, 0.05) is 11.6 Å². The summed E-state index contributed by atoms with van der Waals surface area (Å²) in [5, 5.41) is 8.98. The summed E-state index contributed by atoms with van der Waals surface area (Å²) in [5.41, 5.74) is -1.15. The van der Waals surface area contributed by atoms with Crippen LogP contribution in [0.25, 0.3) is 0 Å². The predicted octanol–water partition coefficient (Wildman–Crippen LogP) is 3.07. The van der Waals surface area contributed by atoms with Crippen LogP contribution in [-0.4, -0.2) is 24.3 Å². The molecule has 0 heterocycles. The summed E-state index contributed by atoms with van der Waals surface area (Å²) in [6.07, 6.45) is -9.29. The third-order valence-corrected chi connectivity index (χ3v) is 2.22. The zero-order valence-electron chi connectivity index (χ0n) is 8.93. The van der Waals surface area contributed by atoms with Crippen LogP contribution in [0.15, 0.2) is 18.2 Å². The summed E-state index contributed by atoms with van der Waals surface area (Å²) < 4.78 is 79.4. The molecule has 0 saturated carbocycles. The first kappa shape index (κ1) is 14.6. The molecule has 0 fully saturated rings. The molecular formula is C10H8F6O2. The van der Waals surface area contributed by atoms with Crippen LogP contribution in [0.2, 0.25) is 0 Å². The molecule has 1 N–H and O–H groups in total. The number of methoxy groups -OCH3 is 1. The van der Waals surface area contributed by atoms with Crippen molar-refractivity contribution in [1.29, 1.82) is 0 Å². The van der Waals surface area contributed by atoms with Gasteiger partial charge in [0.15, 0.2) is 6.10 Å². The van der Waals surface area contributed by atoms with Crippen LogP contribution < -0.4 is 4.74 Å². The highest BCUT2D eigenvalue weighted by Gasteiger charge is 2.63. The first-order chi connectivity index (χ1) is 8.11. The highest BCUT2D eigenvalue weighted by molar-refractivity contribution is 5.31. The van der Waals surface area contributed by atoms with Crippen LogP contribution in [0, 0.1) is 5.82 Å². The van der Waals surface area contributed by atoms with Gasteiger partial charge in [-0.3, -0.25) is 0 Å². The fraction of sp³-hybridized carbons (Fsp3) is 0.400. The lowest BCUT2D eigenvalue weighted by Crippen LogP contribution is -2.42. The van der Waals surface area contributed by atoms with Crippen LogP contribution in [0.4, 0.5) is 26.3 Å². The molecule has 1 rings (SSSR count). The van der Waals surface area contributed by atoms with Crippen molar-refractivity contribution in [1.82, 2.24) is 0 Å². The third-order valence-electron chi connectivity index (χ3n) is 2.22. The number of rotatable bonds is 3. The van der Waals surface area contributed by atoms with E-state index in [0.29, 0.717) is 12.1 Å². The Kier molecular flexibility index (Phi) is 3.80. The van der Waals surface area contributed by atoms with Crippen molar-refractivity contribution in [2.24, 2.45) is 0 Å². The molecule has 8 heteroatoms. The Hall–Kier alpha value is -1.44. The number of aliphatic hydroxyl groups is 1. The minimum absolute atomic E-state index is 0.0706. The second-order valence-corrected chi connectivity index (χ2v) is 3.41. The molecule has 0 radical (unpaired) electrons. The minimum atomic E-state index is -5.97. The third kappa shape index (κ3) is 2.53. The maximum atomic E-state index is 13.3. The van der Waals surface area contributed by atoms with Gasteiger partial charge in [0.05, 0.1) is 7.11 Å². The number of hydrogen-bond acceptors (Lipinski definition) is 2. The lowest BCUT2D eigenvalue weighted by Gasteiger charge is -2.25. The lowest BCUT2D eigenvalue weighted by atomic mass is 10.0. The van der Waals surface area contributed by atoms with Crippen molar-refractivity contribution in [3.63, 3.8) is 0 Å². The fourth-order valence-corrected chi connectivity index (χ4v) is 1.21. The topological polar surface area (TPSA) is 29.5 Å². The van der Waals surface area contributed by atoms with Gasteiger partial charge in [-0.15, -0.1) is 0 Å². The van der Waals surface area contributed by atoms with E-state index in [2.05, 4.69) is 4.74 Å². The van der Waals surface area contributed by atoms with Gasteiger partial charge in [-0.2, -0.15) is 22.0 Å². The Morgan fingerprint density at radius 2 is 1.72 bits per heavy atom. The van der Waals surface area contributed by atoms with E-state index in [1.807, 2.05) is 0 Å². The molecule has 0 aliphatic heterocycles. The average molecular weight is 274 g/mol. The van der Waals surface area contributed by atoms with Crippen molar-refractivity contribution in [2.45, 2.75) is 18.2 Å². The Labute approximate surface area is 97.8 Å². The fourth-order valence-electron chi connectivity index (χ4n) is 1.21. The summed E-state index contributed by atoms with van der Waals surface area (Å²) in [5.74, 6) is -6.92. The van der Waals surface area contributed by atoms with Crippen LogP contribution in [0.3, 0.4) is 0 Å². The predicted molar refractivity (Wildman–Crippen MR) is 48.9 cm³/mol. The van der Waals surface area contributed by atoms with Crippen molar-refractivity contribution >= 4 is 0 Å². The molecule has 0 aromatic heterocycles. The molecule has 0 aliphatic carbocycles. The summed E-state index contributed by atoms with van der Waals surface area (Å²) in [6.45, 7) is 0. The highest BCUT2D eigenvalue weighted by Crippen LogP contribution is 2.45. The van der Waals surface area contributed by atoms with Gasteiger partial charge in [-0.1, -0.05) is 0 Å². The van der Waals surface area contributed by atoms with E-state index in [-0.39, 0.29) is 5.75 Å². The summed E-state index contributed by atoms with van der Waals surface area (Å²) >= 11 is 0. The van der Waals surface area contributed by atoms with Gasteiger partial charge in [0.2, 0.25) is 0 Å². The van der Waals surface area contributed by atoms with Crippen molar-refractivity contribution in [3.05, 3.63) is 29.6 Å². The maximum absolute atomic E-state index is 13.3. The zero-order valence-corrected chi connectivity index (χ0v) is 8.93. The number of aliphatic hydroxyl groups excluding tert-OH is 1. The van der Waals surface area contributed by atoms with Crippen molar-refractivity contribution in [3.8, 4) is 5.75 Å². The van der Waals surface area contributed by atoms with Gasteiger partial charge in [0.25, 0.3) is 0 Å². The van der Waals surface area contributed by atoms with Crippen LogP contribution in [-0.2, 0) is 0 Å². The molecular weight excluding hydrogens is 266 g/mol. The van der Waals surface area contributed by atoms with E-state index in [0.717, 1.165) is 13.2 Å². The van der Waals surface area contributed by atoms with Gasteiger partial charge in [0.1, 0.15) is 11.6 Å². The molecule has 1 aromatic carbocycles. The SMILES string of the molecule is COc1ccc(C(O)C(F)(F)C(F)(F)F)c(F)c1. The van der Waals surface area contributed by atoms with Crippen LogP contribution in [0.5, 0.6) is 5.75 Å². The number of hydrogen-bond donors (Lipinski definition) is 1. The van der Waals surface area contributed by atoms with E-state index in [1.54, 1.807) is 0 Å². The van der Waals surface area contributed by atoms with Gasteiger partial charge < -0.3 is 9.84 Å². The van der Waals surface area contributed by atoms with E-state index >= 15 is 0 Å². The van der Waals surface area contributed by atoms with Gasteiger partial charge >= 0.3 is 12.1 Å². The largest absolute Gasteiger partial charge is 0.497 e. The average Bonchev–Trinajstić information content (AvgIpc) is 2.26. The second-order valence-electron chi connectivity index (χ2n) is 3.41. The lowest BCUT2D eigenvalue weighted by molar-refractivity contribution is -0.315. The van der Waals surface area contributed by atoms with Gasteiger partial charge in [-0.05, 0) is 12.1 Å². The molecule has 2 nitrogen and oxygen atoms in total. The summed E-state index contributed by atoms with van der Waals surface area (Å²) in [6, 6.07) is 2.18. The Bertz CT molecular complexity index is 429. The molecule has 0 amide bonds.